The molecule has 212 valence electrons. The summed E-state index contributed by atoms with van der Waals surface area (Å²) in [6.45, 7) is 2.26. The molecule has 2 aromatic rings. The van der Waals surface area contributed by atoms with Gasteiger partial charge in [0.25, 0.3) is 18.2 Å². The number of benzene rings is 2. The van der Waals surface area contributed by atoms with Crippen LogP contribution in [0.2, 0.25) is 5.02 Å². The van der Waals surface area contributed by atoms with Crippen LogP contribution in [0.3, 0.4) is 0 Å². The first-order chi connectivity index (χ1) is 18.7. The number of nitrogens with zero attached hydrogens (tertiary/aromatic N) is 3. The van der Waals surface area contributed by atoms with Gasteiger partial charge in [0.15, 0.2) is 0 Å². The Kier molecular flexibility index (Phi) is 9.46. The van der Waals surface area contributed by atoms with Gasteiger partial charge >= 0.3 is 0 Å². The molecule has 0 radical (unpaired) electrons. The lowest BCUT2D eigenvalue weighted by Crippen LogP contribution is -2.55. The van der Waals surface area contributed by atoms with Gasteiger partial charge in [-0.3, -0.25) is 9.59 Å². The average Bonchev–Trinajstić information content (AvgIpc) is 2.94. The second kappa shape index (κ2) is 12.6. The Bertz CT molecular complexity index is 1140. The van der Waals surface area contributed by atoms with Gasteiger partial charge in [0.05, 0.1) is 22.8 Å². The first-order valence-electron chi connectivity index (χ1n) is 13.3. The molecule has 2 heterocycles. The van der Waals surface area contributed by atoms with Crippen molar-refractivity contribution in [3.05, 3.63) is 64.7 Å². The van der Waals surface area contributed by atoms with Gasteiger partial charge in [-0.2, -0.15) is 0 Å². The van der Waals surface area contributed by atoms with Crippen LogP contribution in [0.25, 0.3) is 0 Å². The van der Waals surface area contributed by atoms with E-state index in [-0.39, 0.29) is 23.7 Å². The molecule has 0 aliphatic carbocycles. The predicted octanol–water partition coefficient (Wildman–Crippen LogP) is 4.83. The lowest BCUT2D eigenvalue weighted by molar-refractivity contribution is -0.181. The van der Waals surface area contributed by atoms with Gasteiger partial charge in [0.1, 0.15) is 0 Å². The Hall–Kier alpha value is -2.75. The van der Waals surface area contributed by atoms with Crippen molar-refractivity contribution in [2.45, 2.75) is 49.9 Å². The van der Waals surface area contributed by atoms with E-state index in [1.807, 2.05) is 12.1 Å². The minimum Gasteiger partial charge on any atom is -0.375 e. The maximum atomic E-state index is 14.3. The second-order valence-corrected chi connectivity index (χ2v) is 10.7. The van der Waals surface area contributed by atoms with E-state index in [0.717, 1.165) is 38.7 Å². The average molecular weight is 564 g/mol. The molecule has 0 spiro atoms. The van der Waals surface area contributed by atoms with Crippen molar-refractivity contribution in [3.8, 4) is 0 Å². The van der Waals surface area contributed by atoms with Crippen molar-refractivity contribution in [2.75, 3.05) is 52.3 Å². The fourth-order valence-corrected chi connectivity index (χ4v) is 5.65. The monoisotopic (exact) mass is 563 g/mol. The summed E-state index contributed by atoms with van der Waals surface area (Å²) in [5.41, 5.74) is -0.714. The maximum absolute atomic E-state index is 14.3. The summed E-state index contributed by atoms with van der Waals surface area (Å²) in [5.74, 6) is -0.844. The number of amides is 2. The molecule has 10 heteroatoms. The van der Waals surface area contributed by atoms with E-state index in [9.17, 15) is 18.4 Å². The molecule has 2 aromatic carbocycles. The van der Waals surface area contributed by atoms with Crippen LogP contribution in [0.15, 0.2) is 48.5 Å². The third kappa shape index (κ3) is 6.21. The van der Waals surface area contributed by atoms with Crippen LogP contribution in [-0.4, -0.2) is 87.6 Å². The van der Waals surface area contributed by atoms with E-state index in [4.69, 9.17) is 21.1 Å². The maximum Gasteiger partial charge on any atom is 0.280 e. The summed E-state index contributed by atoms with van der Waals surface area (Å²) in [7, 11) is 4.55. The Morgan fingerprint density at radius 1 is 0.974 bits per heavy atom. The topological polar surface area (TPSA) is 62.3 Å². The number of anilines is 1. The third-order valence-electron chi connectivity index (χ3n) is 7.66. The SMILES string of the molecule is CO[C@](C(=O)N1CCC(OC2CCN(c3ccc(C(=O)N(C)C)c(Cl)c3)CC2)CC1)(c1ccccc1)C(F)F. The second-order valence-electron chi connectivity index (χ2n) is 10.3. The number of ether oxygens (including phenoxy) is 2. The number of alkyl halides is 2. The number of carbonyl (C=O) groups excluding carboxylic acids is 2. The van der Waals surface area contributed by atoms with Crippen molar-refractivity contribution < 1.29 is 27.8 Å². The zero-order chi connectivity index (χ0) is 28.2. The Labute approximate surface area is 233 Å². The fraction of sp³-hybridized carbons (Fsp3) is 0.517. The highest BCUT2D eigenvalue weighted by Gasteiger charge is 2.52. The van der Waals surface area contributed by atoms with Gasteiger partial charge < -0.3 is 24.2 Å². The van der Waals surface area contributed by atoms with E-state index in [1.54, 1.807) is 38.4 Å². The third-order valence-corrected chi connectivity index (χ3v) is 7.97. The van der Waals surface area contributed by atoms with Crippen LogP contribution in [0.4, 0.5) is 14.5 Å². The van der Waals surface area contributed by atoms with Crippen LogP contribution in [0.5, 0.6) is 0 Å². The highest BCUT2D eigenvalue weighted by molar-refractivity contribution is 6.34. The molecule has 2 aliphatic rings. The molecule has 0 saturated carbocycles. The lowest BCUT2D eigenvalue weighted by Gasteiger charge is -2.40. The molecule has 0 aromatic heterocycles. The molecule has 39 heavy (non-hydrogen) atoms. The molecule has 0 unspecified atom stereocenters. The largest absolute Gasteiger partial charge is 0.375 e. The minimum atomic E-state index is -3.00. The lowest BCUT2D eigenvalue weighted by atomic mass is 9.91. The van der Waals surface area contributed by atoms with E-state index in [0.29, 0.717) is 36.5 Å². The van der Waals surface area contributed by atoms with Gasteiger partial charge in [-0.1, -0.05) is 41.9 Å². The summed E-state index contributed by atoms with van der Waals surface area (Å²) in [6.07, 6.45) is -0.112. The van der Waals surface area contributed by atoms with E-state index >= 15 is 0 Å². The van der Waals surface area contributed by atoms with Crippen molar-refractivity contribution in [2.24, 2.45) is 0 Å². The quantitative estimate of drug-likeness (QED) is 0.461. The molecule has 4 rings (SSSR count). The first-order valence-corrected chi connectivity index (χ1v) is 13.6. The van der Waals surface area contributed by atoms with E-state index in [1.165, 1.54) is 21.9 Å². The van der Waals surface area contributed by atoms with Crippen LogP contribution in [0.1, 0.15) is 41.6 Å². The Morgan fingerprint density at radius 3 is 2.08 bits per heavy atom. The van der Waals surface area contributed by atoms with Gasteiger partial charge in [-0.05, 0) is 49.4 Å². The molecule has 1 atom stereocenters. The highest BCUT2D eigenvalue weighted by Crippen LogP contribution is 2.36. The molecule has 0 bridgehead atoms. The molecule has 2 fully saturated rings. The van der Waals surface area contributed by atoms with Crippen molar-refractivity contribution in [1.29, 1.82) is 0 Å². The molecule has 2 saturated heterocycles. The number of halogens is 3. The molecule has 2 amide bonds. The minimum absolute atomic E-state index is 0.0309. The number of hydrogen-bond acceptors (Lipinski definition) is 5. The molecular formula is C29H36ClF2N3O4. The zero-order valence-electron chi connectivity index (χ0n) is 22.6. The summed E-state index contributed by atoms with van der Waals surface area (Å²) < 4.78 is 40.1. The molecule has 0 N–H and O–H groups in total. The predicted molar refractivity (Wildman–Crippen MR) is 147 cm³/mol. The standard InChI is InChI=1S/C29H36ClF2N3O4/c1-33(2)26(36)24-10-9-21(19-25(24)30)34-15-11-22(12-16-34)39-23-13-17-35(18-14-23)28(37)29(38-3,27(31)32)20-7-5-4-6-8-20/h4-10,19,22-23,27H,11-18H2,1-3H3/t29-/m1/s1. The van der Waals surface area contributed by atoms with E-state index < -0.39 is 17.9 Å². The first kappa shape index (κ1) is 29.2. The van der Waals surface area contributed by atoms with Crippen molar-refractivity contribution in [1.82, 2.24) is 9.80 Å². The number of rotatable bonds is 8. The van der Waals surface area contributed by atoms with Crippen molar-refractivity contribution >= 4 is 29.1 Å². The van der Waals surface area contributed by atoms with Crippen LogP contribution < -0.4 is 4.90 Å². The summed E-state index contributed by atoms with van der Waals surface area (Å²) in [5, 5.41) is 0.433. The Morgan fingerprint density at radius 2 is 1.56 bits per heavy atom. The summed E-state index contributed by atoms with van der Waals surface area (Å²) in [4.78, 5) is 30.8. The fourth-order valence-electron chi connectivity index (χ4n) is 5.39. The smallest absolute Gasteiger partial charge is 0.280 e. The zero-order valence-corrected chi connectivity index (χ0v) is 23.4. The number of hydrogen-bond donors (Lipinski definition) is 0. The van der Waals surface area contributed by atoms with Crippen LogP contribution in [-0.2, 0) is 19.9 Å². The van der Waals surface area contributed by atoms with Crippen molar-refractivity contribution in [3.63, 3.8) is 0 Å². The van der Waals surface area contributed by atoms with Crippen LogP contribution in [0, 0.1) is 0 Å². The number of likely N-dealkylation sites (tertiary alicyclic amines) is 1. The summed E-state index contributed by atoms with van der Waals surface area (Å²) in [6, 6.07) is 13.5. The van der Waals surface area contributed by atoms with Gasteiger partial charge in [0.2, 0.25) is 5.60 Å². The van der Waals surface area contributed by atoms with Gasteiger partial charge in [0, 0.05) is 53.1 Å². The van der Waals surface area contributed by atoms with Crippen LogP contribution >= 0.6 is 11.6 Å². The molecular weight excluding hydrogens is 528 g/mol. The highest BCUT2D eigenvalue weighted by atomic mass is 35.5. The molecule has 7 nitrogen and oxygen atoms in total. The normalized spacial score (nSPS) is 18.7. The number of piperidine rings is 2. The molecule has 2 aliphatic heterocycles. The number of carbonyl (C=O) groups is 2. The number of methoxy groups -OCH3 is 1. The Balaban J connectivity index is 1.29. The van der Waals surface area contributed by atoms with E-state index in [2.05, 4.69) is 4.90 Å². The summed E-state index contributed by atoms with van der Waals surface area (Å²) >= 11 is 6.39. The van der Waals surface area contributed by atoms with Gasteiger partial charge in [-0.25, -0.2) is 8.78 Å². The van der Waals surface area contributed by atoms with Gasteiger partial charge in [-0.15, -0.1) is 0 Å².